The van der Waals surface area contributed by atoms with Crippen molar-refractivity contribution in [3.8, 4) is 6.07 Å². The van der Waals surface area contributed by atoms with Gasteiger partial charge in [0, 0.05) is 36.2 Å². The van der Waals surface area contributed by atoms with Crippen molar-refractivity contribution in [3.05, 3.63) is 33.8 Å². The molecule has 0 aromatic heterocycles. The molecule has 1 unspecified atom stereocenters. The van der Waals surface area contributed by atoms with Gasteiger partial charge in [-0.3, -0.25) is 4.90 Å². The van der Waals surface area contributed by atoms with Crippen molar-refractivity contribution in [1.82, 2.24) is 10.2 Å². The second kappa shape index (κ2) is 5.70. The zero-order chi connectivity index (χ0) is 12.3. The lowest BCUT2D eigenvalue weighted by molar-refractivity contribution is 0.207. The molecule has 0 spiro atoms. The van der Waals surface area contributed by atoms with Crippen LogP contribution in [-0.4, -0.2) is 31.1 Å². The Bertz CT molecular complexity index is 416. The normalized spacial score (nSPS) is 18.6. The van der Waals surface area contributed by atoms with Crippen LogP contribution in [0.3, 0.4) is 0 Å². The molecule has 1 heterocycles. The second-order valence-corrected chi connectivity index (χ2v) is 4.89. The second-order valence-electron chi connectivity index (χ2n) is 4.02. The number of piperazine rings is 1. The fraction of sp³-hybridized carbons (Fsp3) is 0.417. The summed E-state index contributed by atoms with van der Waals surface area (Å²) in [7, 11) is 0. The van der Waals surface area contributed by atoms with Crippen LogP contribution in [0.5, 0.6) is 0 Å². The summed E-state index contributed by atoms with van der Waals surface area (Å²) < 4.78 is 0. The fourth-order valence-corrected chi connectivity index (χ4v) is 2.58. The van der Waals surface area contributed by atoms with Crippen LogP contribution in [0.1, 0.15) is 11.6 Å². The molecule has 90 valence electrons. The Hall–Kier alpha value is -0.790. The van der Waals surface area contributed by atoms with Gasteiger partial charge in [-0.25, -0.2) is 0 Å². The van der Waals surface area contributed by atoms with Crippen LogP contribution >= 0.6 is 23.2 Å². The standard InChI is InChI=1S/C12H13Cl2N3/c13-10-5-9(6-11(14)7-10)12(8-15)17-3-1-16-2-4-17/h5-7,12,16H,1-4H2. The maximum atomic E-state index is 9.32. The fourth-order valence-electron chi connectivity index (χ4n) is 2.04. The van der Waals surface area contributed by atoms with Gasteiger partial charge >= 0.3 is 0 Å². The molecule has 0 aliphatic carbocycles. The summed E-state index contributed by atoms with van der Waals surface area (Å²) in [5.41, 5.74) is 0.868. The van der Waals surface area contributed by atoms with Gasteiger partial charge in [-0.15, -0.1) is 0 Å². The molecule has 1 atom stereocenters. The van der Waals surface area contributed by atoms with Gasteiger partial charge in [-0.2, -0.15) is 5.26 Å². The number of nitrogens with one attached hydrogen (secondary N) is 1. The highest BCUT2D eigenvalue weighted by atomic mass is 35.5. The topological polar surface area (TPSA) is 39.1 Å². The summed E-state index contributed by atoms with van der Waals surface area (Å²) >= 11 is 11.9. The third kappa shape index (κ3) is 3.11. The lowest BCUT2D eigenvalue weighted by Gasteiger charge is -2.31. The lowest BCUT2D eigenvalue weighted by atomic mass is 10.1. The minimum Gasteiger partial charge on any atom is -0.314 e. The highest BCUT2D eigenvalue weighted by Gasteiger charge is 2.22. The van der Waals surface area contributed by atoms with Gasteiger partial charge in [0.25, 0.3) is 0 Å². The average Bonchev–Trinajstić information content (AvgIpc) is 2.30. The monoisotopic (exact) mass is 269 g/mol. The van der Waals surface area contributed by atoms with Gasteiger partial charge in [0.15, 0.2) is 0 Å². The average molecular weight is 270 g/mol. The molecular weight excluding hydrogens is 257 g/mol. The van der Waals surface area contributed by atoms with E-state index in [1.165, 1.54) is 0 Å². The molecule has 0 amide bonds. The van der Waals surface area contributed by atoms with Crippen LogP contribution in [0.15, 0.2) is 18.2 Å². The molecule has 5 heteroatoms. The van der Waals surface area contributed by atoms with Crippen molar-refractivity contribution in [3.63, 3.8) is 0 Å². The van der Waals surface area contributed by atoms with Crippen molar-refractivity contribution in [2.45, 2.75) is 6.04 Å². The predicted molar refractivity (Wildman–Crippen MR) is 69.3 cm³/mol. The SMILES string of the molecule is N#CC(c1cc(Cl)cc(Cl)c1)N1CCNCC1. The van der Waals surface area contributed by atoms with E-state index < -0.39 is 0 Å². The van der Waals surface area contributed by atoms with Crippen molar-refractivity contribution in [2.75, 3.05) is 26.2 Å². The maximum absolute atomic E-state index is 9.32. The summed E-state index contributed by atoms with van der Waals surface area (Å²) in [5, 5.41) is 13.7. The number of hydrogen-bond donors (Lipinski definition) is 1. The number of hydrogen-bond acceptors (Lipinski definition) is 3. The molecule has 1 aliphatic heterocycles. The van der Waals surface area contributed by atoms with E-state index in [0.29, 0.717) is 10.0 Å². The van der Waals surface area contributed by atoms with E-state index in [2.05, 4.69) is 16.3 Å². The van der Waals surface area contributed by atoms with Crippen molar-refractivity contribution in [1.29, 1.82) is 5.26 Å². The minimum absolute atomic E-state index is 0.270. The molecule has 1 aromatic rings. The summed E-state index contributed by atoms with van der Waals surface area (Å²) in [6.07, 6.45) is 0. The third-order valence-corrected chi connectivity index (χ3v) is 3.28. The highest BCUT2D eigenvalue weighted by Crippen LogP contribution is 2.26. The van der Waals surface area contributed by atoms with E-state index in [0.717, 1.165) is 31.7 Å². The molecule has 3 nitrogen and oxygen atoms in total. The quantitative estimate of drug-likeness (QED) is 0.897. The van der Waals surface area contributed by atoms with E-state index in [9.17, 15) is 5.26 Å². The van der Waals surface area contributed by atoms with Gasteiger partial charge in [0.1, 0.15) is 6.04 Å². The summed E-state index contributed by atoms with van der Waals surface area (Å²) in [6, 6.07) is 7.35. The zero-order valence-corrected chi connectivity index (χ0v) is 10.8. The van der Waals surface area contributed by atoms with Gasteiger partial charge < -0.3 is 5.32 Å². The molecule has 1 N–H and O–H groups in total. The van der Waals surface area contributed by atoms with Gasteiger partial charge in [0.05, 0.1) is 6.07 Å². The molecule has 2 rings (SSSR count). The zero-order valence-electron chi connectivity index (χ0n) is 9.29. The van der Waals surface area contributed by atoms with Crippen molar-refractivity contribution in [2.24, 2.45) is 0 Å². The maximum Gasteiger partial charge on any atom is 0.124 e. The number of rotatable bonds is 2. The first-order chi connectivity index (χ1) is 8.20. The summed E-state index contributed by atoms with van der Waals surface area (Å²) in [6.45, 7) is 3.55. The molecule has 1 fully saturated rings. The Morgan fingerprint density at radius 3 is 2.29 bits per heavy atom. The van der Waals surface area contributed by atoms with Crippen LogP contribution < -0.4 is 5.32 Å². The molecule has 0 bridgehead atoms. The van der Waals surface area contributed by atoms with Crippen LogP contribution in [0.2, 0.25) is 10.0 Å². The predicted octanol–water partition coefficient (Wildman–Crippen LogP) is 2.46. The van der Waals surface area contributed by atoms with E-state index in [1.807, 2.05) is 12.1 Å². The Labute approximate surface area is 111 Å². The number of benzene rings is 1. The molecule has 1 aromatic carbocycles. The first-order valence-corrected chi connectivity index (χ1v) is 6.26. The molecule has 1 saturated heterocycles. The van der Waals surface area contributed by atoms with Gasteiger partial charge in [0.2, 0.25) is 0 Å². The van der Waals surface area contributed by atoms with E-state index >= 15 is 0 Å². The molecule has 0 saturated carbocycles. The molecular formula is C12H13Cl2N3. The lowest BCUT2D eigenvalue weighted by Crippen LogP contribution is -2.44. The van der Waals surface area contributed by atoms with E-state index in [-0.39, 0.29) is 6.04 Å². The Balaban J connectivity index is 2.25. The third-order valence-electron chi connectivity index (χ3n) is 2.84. The van der Waals surface area contributed by atoms with Crippen LogP contribution in [0, 0.1) is 11.3 Å². The molecule has 0 radical (unpaired) electrons. The van der Waals surface area contributed by atoms with Gasteiger partial charge in [-0.1, -0.05) is 23.2 Å². The molecule has 1 aliphatic rings. The Kier molecular flexibility index (Phi) is 4.25. The van der Waals surface area contributed by atoms with Crippen molar-refractivity contribution >= 4 is 23.2 Å². The largest absolute Gasteiger partial charge is 0.314 e. The van der Waals surface area contributed by atoms with Crippen molar-refractivity contribution < 1.29 is 0 Å². The summed E-state index contributed by atoms with van der Waals surface area (Å²) in [4.78, 5) is 2.14. The van der Waals surface area contributed by atoms with E-state index in [1.54, 1.807) is 6.07 Å². The van der Waals surface area contributed by atoms with Gasteiger partial charge in [-0.05, 0) is 23.8 Å². The summed E-state index contributed by atoms with van der Waals surface area (Å²) in [5.74, 6) is 0. The smallest absolute Gasteiger partial charge is 0.124 e. The Morgan fingerprint density at radius 2 is 1.76 bits per heavy atom. The molecule has 17 heavy (non-hydrogen) atoms. The van der Waals surface area contributed by atoms with Crippen LogP contribution in [0.25, 0.3) is 0 Å². The van der Waals surface area contributed by atoms with E-state index in [4.69, 9.17) is 23.2 Å². The minimum atomic E-state index is -0.270. The highest BCUT2D eigenvalue weighted by molar-refractivity contribution is 6.34. The van der Waals surface area contributed by atoms with Crippen LogP contribution in [0.4, 0.5) is 0 Å². The number of nitrogens with zero attached hydrogens (tertiary/aromatic N) is 2. The first kappa shape index (κ1) is 12.7. The number of nitriles is 1. The first-order valence-electron chi connectivity index (χ1n) is 5.51. The van der Waals surface area contributed by atoms with Crippen LogP contribution in [-0.2, 0) is 0 Å². The number of halogens is 2. The Morgan fingerprint density at radius 1 is 1.18 bits per heavy atom.